The van der Waals surface area contributed by atoms with Crippen LogP contribution in [0.15, 0.2) is 36.5 Å². The fraction of sp³-hybridized carbons (Fsp3) is 0.375. The number of nitrogens with zero attached hydrogens (tertiary/aromatic N) is 3. The third-order valence-corrected chi connectivity index (χ3v) is 5.69. The molecule has 3 aromatic rings. The molecule has 0 radical (unpaired) electrons. The number of hydrogen-bond acceptors (Lipinski definition) is 2. The van der Waals surface area contributed by atoms with Crippen LogP contribution in [-0.4, -0.2) is 28.0 Å². The Balaban J connectivity index is 1.98. The zero-order valence-electron chi connectivity index (χ0n) is 17.3. The first-order valence-corrected chi connectivity index (χ1v) is 9.70. The van der Waals surface area contributed by atoms with Crippen molar-refractivity contribution in [2.75, 3.05) is 13.6 Å². The second-order valence-corrected chi connectivity index (χ2v) is 8.77. The van der Waals surface area contributed by atoms with Crippen molar-refractivity contribution in [3.05, 3.63) is 64.6 Å². The van der Waals surface area contributed by atoms with Crippen molar-refractivity contribution in [3.8, 4) is 0 Å². The SMILES string of the molecule is CC(=Cn1c2c(c3cc(C)ccc31)CN(C)CC2(C)C)c1ccc(C)nc1. The Bertz CT molecular complexity index is 1040. The van der Waals surface area contributed by atoms with E-state index in [1.54, 1.807) is 0 Å². The minimum absolute atomic E-state index is 0.0948. The Labute approximate surface area is 162 Å². The molecule has 2 aromatic heterocycles. The van der Waals surface area contributed by atoms with Gasteiger partial charge in [0.2, 0.25) is 0 Å². The van der Waals surface area contributed by atoms with E-state index in [2.05, 4.69) is 85.7 Å². The number of aromatic nitrogens is 2. The highest BCUT2D eigenvalue weighted by Gasteiger charge is 2.35. The summed E-state index contributed by atoms with van der Waals surface area (Å²) in [6.45, 7) is 13.2. The third-order valence-electron chi connectivity index (χ3n) is 5.69. The van der Waals surface area contributed by atoms with Crippen LogP contribution < -0.4 is 0 Å². The van der Waals surface area contributed by atoms with Gasteiger partial charge in [0, 0.05) is 47.7 Å². The van der Waals surface area contributed by atoms with E-state index in [9.17, 15) is 0 Å². The van der Waals surface area contributed by atoms with E-state index < -0.39 is 0 Å². The maximum absolute atomic E-state index is 4.47. The van der Waals surface area contributed by atoms with Gasteiger partial charge in [-0.2, -0.15) is 0 Å². The number of benzene rings is 1. The summed E-state index contributed by atoms with van der Waals surface area (Å²) in [5, 5.41) is 1.38. The minimum Gasteiger partial charge on any atom is -0.319 e. The second kappa shape index (κ2) is 6.35. The Kier molecular flexibility index (Phi) is 4.23. The topological polar surface area (TPSA) is 21.1 Å². The molecule has 140 valence electrons. The summed E-state index contributed by atoms with van der Waals surface area (Å²) < 4.78 is 2.44. The van der Waals surface area contributed by atoms with Crippen molar-refractivity contribution in [3.63, 3.8) is 0 Å². The van der Waals surface area contributed by atoms with Gasteiger partial charge in [0.05, 0.1) is 5.52 Å². The summed E-state index contributed by atoms with van der Waals surface area (Å²) in [4.78, 5) is 6.91. The smallest absolute Gasteiger partial charge is 0.0529 e. The summed E-state index contributed by atoms with van der Waals surface area (Å²) >= 11 is 0. The lowest BCUT2D eigenvalue weighted by Crippen LogP contribution is -2.40. The van der Waals surface area contributed by atoms with E-state index >= 15 is 0 Å². The van der Waals surface area contributed by atoms with Gasteiger partial charge in [-0.25, -0.2) is 0 Å². The normalized spacial score (nSPS) is 17.3. The van der Waals surface area contributed by atoms with Crippen molar-refractivity contribution in [2.24, 2.45) is 0 Å². The van der Waals surface area contributed by atoms with Gasteiger partial charge in [-0.1, -0.05) is 31.5 Å². The Morgan fingerprint density at radius 3 is 2.63 bits per heavy atom. The van der Waals surface area contributed by atoms with Crippen LogP contribution in [0, 0.1) is 13.8 Å². The van der Waals surface area contributed by atoms with Gasteiger partial charge < -0.3 is 9.47 Å². The lowest BCUT2D eigenvalue weighted by molar-refractivity contribution is 0.232. The molecule has 1 aromatic carbocycles. The zero-order chi connectivity index (χ0) is 19.3. The lowest BCUT2D eigenvalue weighted by Gasteiger charge is -2.37. The van der Waals surface area contributed by atoms with Gasteiger partial charge in [-0.15, -0.1) is 0 Å². The van der Waals surface area contributed by atoms with Gasteiger partial charge in [0.1, 0.15) is 0 Å². The van der Waals surface area contributed by atoms with E-state index in [1.165, 1.54) is 38.9 Å². The summed E-state index contributed by atoms with van der Waals surface area (Å²) in [6.07, 6.45) is 4.28. The number of rotatable bonds is 2. The van der Waals surface area contributed by atoms with Crippen LogP contribution in [0.4, 0.5) is 0 Å². The van der Waals surface area contributed by atoms with Gasteiger partial charge in [-0.05, 0) is 62.7 Å². The number of aryl methyl sites for hydroxylation is 2. The molecular formula is C24H29N3. The van der Waals surface area contributed by atoms with Crippen molar-refractivity contribution >= 4 is 22.7 Å². The first-order valence-electron chi connectivity index (χ1n) is 9.70. The largest absolute Gasteiger partial charge is 0.319 e. The van der Waals surface area contributed by atoms with Gasteiger partial charge >= 0.3 is 0 Å². The highest BCUT2D eigenvalue weighted by Crippen LogP contribution is 2.40. The molecule has 0 amide bonds. The molecule has 4 rings (SSSR count). The fourth-order valence-corrected chi connectivity index (χ4v) is 4.57. The average molecular weight is 360 g/mol. The molecule has 0 atom stereocenters. The maximum atomic E-state index is 4.47. The molecule has 0 spiro atoms. The van der Waals surface area contributed by atoms with E-state index in [0.717, 1.165) is 18.8 Å². The van der Waals surface area contributed by atoms with Crippen molar-refractivity contribution in [1.82, 2.24) is 14.5 Å². The summed E-state index contributed by atoms with van der Waals surface area (Å²) in [5.74, 6) is 0. The van der Waals surface area contributed by atoms with Gasteiger partial charge in [0.15, 0.2) is 0 Å². The molecule has 3 heterocycles. The number of pyridine rings is 1. The quantitative estimate of drug-likeness (QED) is 0.611. The predicted molar refractivity (Wildman–Crippen MR) is 115 cm³/mol. The lowest BCUT2D eigenvalue weighted by atomic mass is 9.82. The molecule has 0 aliphatic carbocycles. The summed E-state index contributed by atoms with van der Waals surface area (Å²) in [7, 11) is 2.22. The second-order valence-electron chi connectivity index (χ2n) is 8.77. The number of likely N-dealkylation sites (N-methyl/N-ethyl adjacent to an activating group) is 1. The zero-order valence-corrected chi connectivity index (χ0v) is 17.3. The first kappa shape index (κ1) is 18.0. The minimum atomic E-state index is 0.0948. The molecule has 1 aliphatic heterocycles. The maximum Gasteiger partial charge on any atom is 0.0529 e. The molecule has 27 heavy (non-hydrogen) atoms. The standard InChI is InChI=1S/C24H29N3/c1-16-7-10-22-20(11-16)21-14-26(6)15-24(4,5)23(21)27(22)13-17(2)19-9-8-18(3)25-12-19/h7-13H,14-15H2,1-6H3. The molecule has 0 bridgehead atoms. The fourth-order valence-electron chi connectivity index (χ4n) is 4.57. The highest BCUT2D eigenvalue weighted by molar-refractivity contribution is 5.91. The number of allylic oxidation sites excluding steroid dienone is 1. The van der Waals surface area contributed by atoms with Crippen LogP contribution in [0.1, 0.15) is 48.8 Å². The predicted octanol–water partition coefficient (Wildman–Crippen LogP) is 5.39. The number of fused-ring (bicyclic) bond motifs is 3. The van der Waals surface area contributed by atoms with Crippen molar-refractivity contribution in [2.45, 2.75) is 46.6 Å². The highest BCUT2D eigenvalue weighted by atomic mass is 15.1. The monoisotopic (exact) mass is 359 g/mol. The van der Waals surface area contributed by atoms with Crippen molar-refractivity contribution < 1.29 is 0 Å². The van der Waals surface area contributed by atoms with Gasteiger partial charge in [-0.3, -0.25) is 4.98 Å². The molecule has 3 heteroatoms. The summed E-state index contributed by atoms with van der Waals surface area (Å²) in [5.41, 5.74) is 9.09. The van der Waals surface area contributed by atoms with Crippen LogP contribution in [0.25, 0.3) is 22.7 Å². The molecule has 0 fully saturated rings. The first-order chi connectivity index (χ1) is 12.8. The summed E-state index contributed by atoms with van der Waals surface area (Å²) in [6, 6.07) is 11.1. The average Bonchev–Trinajstić information content (AvgIpc) is 2.88. The molecular weight excluding hydrogens is 330 g/mol. The number of hydrogen-bond donors (Lipinski definition) is 0. The molecule has 3 nitrogen and oxygen atoms in total. The van der Waals surface area contributed by atoms with E-state index in [-0.39, 0.29) is 5.41 Å². The van der Waals surface area contributed by atoms with Crippen LogP contribution >= 0.6 is 0 Å². The van der Waals surface area contributed by atoms with E-state index in [0.29, 0.717) is 0 Å². The van der Waals surface area contributed by atoms with E-state index in [4.69, 9.17) is 0 Å². The molecule has 0 saturated carbocycles. The van der Waals surface area contributed by atoms with Gasteiger partial charge in [0.25, 0.3) is 0 Å². The van der Waals surface area contributed by atoms with Crippen LogP contribution in [0.2, 0.25) is 0 Å². The molecule has 0 unspecified atom stereocenters. The van der Waals surface area contributed by atoms with Crippen LogP contribution in [0.3, 0.4) is 0 Å². The van der Waals surface area contributed by atoms with Crippen molar-refractivity contribution in [1.29, 1.82) is 0 Å². The molecule has 0 saturated heterocycles. The molecule has 0 N–H and O–H groups in total. The van der Waals surface area contributed by atoms with Crippen LogP contribution in [0.5, 0.6) is 0 Å². The van der Waals surface area contributed by atoms with E-state index in [1.807, 2.05) is 13.1 Å². The Morgan fingerprint density at radius 1 is 1.15 bits per heavy atom. The Morgan fingerprint density at radius 2 is 1.93 bits per heavy atom. The molecule has 1 aliphatic rings. The van der Waals surface area contributed by atoms with Crippen LogP contribution in [-0.2, 0) is 12.0 Å². The Hall–Kier alpha value is -2.39. The third kappa shape index (κ3) is 3.10.